The van der Waals surface area contributed by atoms with E-state index in [1.807, 2.05) is 0 Å². The van der Waals surface area contributed by atoms with Gasteiger partial charge in [0, 0.05) is 0 Å². The molecule has 2 rings (SSSR count). The van der Waals surface area contributed by atoms with Crippen molar-refractivity contribution >= 4 is 0 Å². The molecule has 1 aliphatic carbocycles. The minimum absolute atomic E-state index is 0.572. The molecule has 0 spiro atoms. The maximum atomic E-state index is 2.39. The SMILES string of the molecule is CCCCCC1(CCC)Cc2ccccc2[C@H]1CC. The fourth-order valence-corrected chi connectivity index (χ4v) is 4.40. The van der Waals surface area contributed by atoms with Crippen molar-refractivity contribution in [1.82, 2.24) is 0 Å². The van der Waals surface area contributed by atoms with Crippen LogP contribution in [0, 0.1) is 5.41 Å². The number of hydrogen-bond donors (Lipinski definition) is 0. The van der Waals surface area contributed by atoms with Crippen molar-refractivity contribution in [1.29, 1.82) is 0 Å². The lowest BCUT2D eigenvalue weighted by molar-refractivity contribution is 0.189. The van der Waals surface area contributed by atoms with Gasteiger partial charge in [-0.3, -0.25) is 0 Å². The van der Waals surface area contributed by atoms with Gasteiger partial charge in [-0.05, 0) is 48.1 Å². The number of rotatable bonds is 7. The molecular weight excluding hydrogens is 228 g/mol. The largest absolute Gasteiger partial charge is 0.0654 e. The van der Waals surface area contributed by atoms with Crippen molar-refractivity contribution in [3.8, 4) is 0 Å². The highest BCUT2D eigenvalue weighted by Gasteiger charge is 2.43. The summed E-state index contributed by atoms with van der Waals surface area (Å²) in [7, 11) is 0. The third-order valence-corrected chi connectivity index (χ3v) is 5.15. The fourth-order valence-electron chi connectivity index (χ4n) is 4.40. The Morgan fingerprint density at radius 2 is 1.79 bits per heavy atom. The molecule has 0 heterocycles. The molecule has 1 aromatic carbocycles. The first-order chi connectivity index (χ1) is 9.27. The van der Waals surface area contributed by atoms with Gasteiger partial charge in [0.25, 0.3) is 0 Å². The van der Waals surface area contributed by atoms with Gasteiger partial charge >= 0.3 is 0 Å². The summed E-state index contributed by atoms with van der Waals surface area (Å²) in [5.41, 5.74) is 3.87. The lowest BCUT2D eigenvalue weighted by atomic mass is 9.68. The van der Waals surface area contributed by atoms with E-state index in [4.69, 9.17) is 0 Å². The summed E-state index contributed by atoms with van der Waals surface area (Å²) in [5, 5.41) is 0. The molecule has 0 fully saturated rings. The molecule has 0 saturated heterocycles. The van der Waals surface area contributed by atoms with Crippen LogP contribution in [0.25, 0.3) is 0 Å². The minimum atomic E-state index is 0.572. The van der Waals surface area contributed by atoms with Crippen molar-refractivity contribution in [3.05, 3.63) is 35.4 Å². The van der Waals surface area contributed by atoms with Gasteiger partial charge in [0.15, 0.2) is 0 Å². The van der Waals surface area contributed by atoms with E-state index >= 15 is 0 Å². The van der Waals surface area contributed by atoms with Crippen molar-refractivity contribution < 1.29 is 0 Å². The fraction of sp³-hybridized carbons (Fsp3) is 0.684. The lowest BCUT2D eigenvalue weighted by Crippen LogP contribution is -2.26. The molecule has 0 aromatic heterocycles. The topological polar surface area (TPSA) is 0 Å². The third-order valence-electron chi connectivity index (χ3n) is 5.15. The molecule has 1 aliphatic rings. The molecule has 0 bridgehead atoms. The van der Waals surface area contributed by atoms with Gasteiger partial charge in [-0.2, -0.15) is 0 Å². The third kappa shape index (κ3) is 2.88. The molecule has 19 heavy (non-hydrogen) atoms. The van der Waals surface area contributed by atoms with Gasteiger partial charge in [-0.25, -0.2) is 0 Å². The summed E-state index contributed by atoms with van der Waals surface area (Å²) in [4.78, 5) is 0. The van der Waals surface area contributed by atoms with Gasteiger partial charge < -0.3 is 0 Å². The zero-order valence-electron chi connectivity index (χ0n) is 13.0. The molecule has 0 N–H and O–H groups in total. The van der Waals surface area contributed by atoms with Gasteiger partial charge in [-0.15, -0.1) is 0 Å². The van der Waals surface area contributed by atoms with Crippen molar-refractivity contribution in [2.24, 2.45) is 5.41 Å². The summed E-state index contributed by atoms with van der Waals surface area (Å²) in [6.45, 7) is 7.06. The van der Waals surface area contributed by atoms with Crippen LogP contribution < -0.4 is 0 Å². The second kappa shape index (κ2) is 6.59. The Labute approximate surface area is 119 Å². The molecule has 1 aromatic rings. The van der Waals surface area contributed by atoms with Gasteiger partial charge in [0.1, 0.15) is 0 Å². The maximum Gasteiger partial charge on any atom is -0.0102 e. The maximum absolute atomic E-state index is 2.39. The summed E-state index contributed by atoms with van der Waals surface area (Å²) in [6.07, 6.45) is 11.0. The Morgan fingerprint density at radius 3 is 2.47 bits per heavy atom. The van der Waals surface area contributed by atoms with Gasteiger partial charge in [0.2, 0.25) is 0 Å². The Bertz CT molecular complexity index is 393. The molecule has 106 valence electrons. The molecule has 0 saturated carbocycles. The first kappa shape index (κ1) is 14.6. The van der Waals surface area contributed by atoms with Crippen LogP contribution >= 0.6 is 0 Å². The quantitative estimate of drug-likeness (QED) is 0.518. The van der Waals surface area contributed by atoms with Crippen LogP contribution in [0.15, 0.2) is 24.3 Å². The Balaban J connectivity index is 2.23. The van der Waals surface area contributed by atoms with Crippen LogP contribution in [-0.2, 0) is 6.42 Å². The average molecular weight is 258 g/mol. The van der Waals surface area contributed by atoms with Crippen LogP contribution in [0.2, 0.25) is 0 Å². The number of fused-ring (bicyclic) bond motifs is 1. The zero-order valence-corrected chi connectivity index (χ0v) is 13.0. The predicted octanol–water partition coefficient (Wildman–Crippen LogP) is 6.10. The van der Waals surface area contributed by atoms with Crippen LogP contribution in [0.1, 0.15) is 82.8 Å². The van der Waals surface area contributed by atoms with Crippen LogP contribution in [0.4, 0.5) is 0 Å². The summed E-state index contributed by atoms with van der Waals surface area (Å²) < 4.78 is 0. The molecule has 2 atom stereocenters. The van der Waals surface area contributed by atoms with Crippen LogP contribution in [0.3, 0.4) is 0 Å². The second-order valence-corrected chi connectivity index (χ2v) is 6.41. The van der Waals surface area contributed by atoms with Crippen molar-refractivity contribution in [2.45, 2.75) is 78.1 Å². The van der Waals surface area contributed by atoms with E-state index in [1.54, 1.807) is 11.1 Å². The lowest BCUT2D eigenvalue weighted by Gasteiger charge is -2.36. The van der Waals surface area contributed by atoms with E-state index in [0.717, 1.165) is 5.92 Å². The van der Waals surface area contributed by atoms with Gasteiger partial charge in [-0.1, -0.05) is 70.7 Å². The average Bonchev–Trinajstić information content (AvgIpc) is 2.72. The predicted molar refractivity (Wildman–Crippen MR) is 84.7 cm³/mol. The molecule has 0 aliphatic heterocycles. The van der Waals surface area contributed by atoms with E-state index in [2.05, 4.69) is 45.0 Å². The smallest absolute Gasteiger partial charge is 0.0102 e. The monoisotopic (exact) mass is 258 g/mol. The number of benzene rings is 1. The Morgan fingerprint density at radius 1 is 1.00 bits per heavy atom. The first-order valence-corrected chi connectivity index (χ1v) is 8.35. The van der Waals surface area contributed by atoms with E-state index in [-0.39, 0.29) is 0 Å². The molecule has 0 heteroatoms. The minimum Gasteiger partial charge on any atom is -0.0654 e. The Kier molecular flexibility index (Phi) is 5.07. The molecule has 0 amide bonds. The van der Waals surface area contributed by atoms with Crippen LogP contribution in [0.5, 0.6) is 0 Å². The highest BCUT2D eigenvalue weighted by atomic mass is 14.5. The molecule has 1 unspecified atom stereocenters. The Hall–Kier alpha value is -0.780. The molecule has 0 nitrogen and oxygen atoms in total. The highest BCUT2D eigenvalue weighted by molar-refractivity contribution is 5.38. The van der Waals surface area contributed by atoms with Crippen LogP contribution in [-0.4, -0.2) is 0 Å². The second-order valence-electron chi connectivity index (χ2n) is 6.41. The first-order valence-electron chi connectivity index (χ1n) is 8.35. The molecular formula is C19H30. The van der Waals surface area contributed by atoms with E-state index in [0.29, 0.717) is 5.41 Å². The van der Waals surface area contributed by atoms with Crippen molar-refractivity contribution in [2.75, 3.05) is 0 Å². The standard InChI is InChI=1S/C19H30/c1-4-7-10-14-19(13-5-2)15-16-11-8-9-12-17(16)18(19)6-3/h8-9,11-12,18H,4-7,10,13-15H2,1-3H3/t18-,19?/m1/s1. The number of unbranched alkanes of at least 4 members (excludes halogenated alkanes) is 2. The zero-order chi connectivity index (χ0) is 13.7. The number of hydrogen-bond acceptors (Lipinski definition) is 0. The molecule has 0 radical (unpaired) electrons. The normalized spacial score (nSPS) is 25.5. The summed E-state index contributed by atoms with van der Waals surface area (Å²) >= 11 is 0. The highest BCUT2D eigenvalue weighted by Crippen LogP contribution is 2.54. The van der Waals surface area contributed by atoms with E-state index in [1.165, 1.54) is 51.4 Å². The van der Waals surface area contributed by atoms with E-state index in [9.17, 15) is 0 Å². The van der Waals surface area contributed by atoms with Crippen molar-refractivity contribution in [3.63, 3.8) is 0 Å². The summed E-state index contributed by atoms with van der Waals surface area (Å²) in [6, 6.07) is 9.21. The van der Waals surface area contributed by atoms with Gasteiger partial charge in [0.05, 0.1) is 0 Å². The van der Waals surface area contributed by atoms with E-state index < -0.39 is 0 Å². The summed E-state index contributed by atoms with van der Waals surface area (Å²) in [5.74, 6) is 0.806.